The minimum absolute atomic E-state index is 0.890. The molecule has 0 saturated carbocycles. The molecule has 0 aliphatic carbocycles. The van der Waals surface area contributed by atoms with Crippen LogP contribution in [0.4, 0.5) is 5.69 Å². The number of benzene rings is 2. The van der Waals surface area contributed by atoms with Gasteiger partial charge in [0.25, 0.3) is 0 Å². The first-order valence-corrected chi connectivity index (χ1v) is 6.73. The normalized spacial score (nSPS) is 14.2. The highest BCUT2D eigenvalue weighted by molar-refractivity contribution is 5.56. The Hall–Kier alpha value is -2.06. The summed E-state index contributed by atoms with van der Waals surface area (Å²) in [6, 6.07) is 17.9. The first-order valence-electron chi connectivity index (χ1n) is 6.73. The summed E-state index contributed by atoms with van der Waals surface area (Å²) >= 11 is 0. The van der Waals surface area contributed by atoms with Crippen molar-refractivity contribution < 1.29 is 5.11 Å². The molecule has 1 atom stereocenters. The maximum absolute atomic E-state index is 10.5. The van der Waals surface area contributed by atoms with Crippen molar-refractivity contribution in [3.8, 4) is 0 Å². The van der Waals surface area contributed by atoms with Crippen molar-refractivity contribution >= 4 is 11.8 Å². The smallest absolute Gasteiger partial charge is 0.105 e. The van der Waals surface area contributed by atoms with Gasteiger partial charge in [-0.15, -0.1) is 0 Å². The summed E-state index contributed by atoms with van der Waals surface area (Å²) in [6.45, 7) is 1.80. The topological polar surface area (TPSA) is 23.5 Å². The molecule has 0 unspecified atom stereocenters. The van der Waals surface area contributed by atoms with E-state index in [1.165, 1.54) is 0 Å². The molecule has 0 fully saturated rings. The molecule has 104 valence electrons. The highest BCUT2D eigenvalue weighted by atomic mass is 16.3. The second kappa shape index (κ2) is 5.93. The summed E-state index contributed by atoms with van der Waals surface area (Å²) in [7, 11) is 4.04. The third-order valence-electron chi connectivity index (χ3n) is 3.37. The zero-order valence-corrected chi connectivity index (χ0v) is 12.2. The molecule has 2 rings (SSSR count). The van der Waals surface area contributed by atoms with Gasteiger partial charge in [-0.05, 0) is 36.3 Å². The molecule has 0 radical (unpaired) electrons. The van der Waals surface area contributed by atoms with Crippen LogP contribution in [0, 0.1) is 0 Å². The van der Waals surface area contributed by atoms with Gasteiger partial charge in [0.15, 0.2) is 0 Å². The SMILES string of the molecule is CN(C)c1ccc(/C=C/[C@](C)(O)c2ccccc2)cc1. The minimum atomic E-state index is -0.957. The van der Waals surface area contributed by atoms with Crippen LogP contribution in [-0.4, -0.2) is 19.2 Å². The lowest BCUT2D eigenvalue weighted by Crippen LogP contribution is -2.17. The Kier molecular flexibility index (Phi) is 4.26. The minimum Gasteiger partial charge on any atom is -0.381 e. The van der Waals surface area contributed by atoms with E-state index in [2.05, 4.69) is 17.0 Å². The molecule has 0 heterocycles. The molecule has 0 aliphatic heterocycles. The monoisotopic (exact) mass is 267 g/mol. The summed E-state index contributed by atoms with van der Waals surface area (Å²) in [5.74, 6) is 0. The largest absolute Gasteiger partial charge is 0.381 e. The van der Waals surface area contributed by atoms with Crippen LogP contribution >= 0.6 is 0 Å². The summed E-state index contributed by atoms with van der Waals surface area (Å²) in [4.78, 5) is 2.06. The number of rotatable bonds is 4. The fraction of sp³-hybridized carbons (Fsp3) is 0.222. The average molecular weight is 267 g/mol. The van der Waals surface area contributed by atoms with Crippen molar-refractivity contribution in [1.29, 1.82) is 0 Å². The van der Waals surface area contributed by atoms with Crippen LogP contribution in [-0.2, 0) is 5.60 Å². The molecule has 0 bridgehead atoms. The van der Waals surface area contributed by atoms with Gasteiger partial charge in [-0.1, -0.05) is 48.5 Å². The maximum atomic E-state index is 10.5. The Morgan fingerprint density at radius 3 is 2.10 bits per heavy atom. The van der Waals surface area contributed by atoms with Crippen LogP contribution in [0.3, 0.4) is 0 Å². The van der Waals surface area contributed by atoms with Crippen LogP contribution in [0.15, 0.2) is 60.7 Å². The zero-order valence-electron chi connectivity index (χ0n) is 12.2. The van der Waals surface area contributed by atoms with Crippen molar-refractivity contribution in [3.05, 3.63) is 71.8 Å². The van der Waals surface area contributed by atoms with Crippen molar-refractivity contribution in [2.24, 2.45) is 0 Å². The first kappa shape index (κ1) is 14.4. The van der Waals surface area contributed by atoms with Gasteiger partial charge in [-0.2, -0.15) is 0 Å². The van der Waals surface area contributed by atoms with E-state index in [1.807, 2.05) is 68.7 Å². The second-order valence-electron chi connectivity index (χ2n) is 5.33. The first-order chi connectivity index (χ1) is 9.49. The molecule has 1 N–H and O–H groups in total. The summed E-state index contributed by atoms with van der Waals surface area (Å²) in [5, 5.41) is 10.5. The van der Waals surface area contributed by atoms with E-state index in [0.29, 0.717) is 0 Å². The van der Waals surface area contributed by atoms with E-state index in [4.69, 9.17) is 0 Å². The third kappa shape index (κ3) is 3.49. The number of nitrogens with zero attached hydrogens (tertiary/aromatic N) is 1. The maximum Gasteiger partial charge on any atom is 0.105 e. The number of hydrogen-bond acceptors (Lipinski definition) is 2. The van der Waals surface area contributed by atoms with Crippen molar-refractivity contribution in [1.82, 2.24) is 0 Å². The Morgan fingerprint density at radius 1 is 0.950 bits per heavy atom. The van der Waals surface area contributed by atoms with E-state index in [1.54, 1.807) is 6.92 Å². The Morgan fingerprint density at radius 2 is 1.55 bits per heavy atom. The number of anilines is 1. The van der Waals surface area contributed by atoms with Gasteiger partial charge in [0.05, 0.1) is 0 Å². The fourth-order valence-electron chi connectivity index (χ4n) is 2.01. The lowest BCUT2D eigenvalue weighted by atomic mass is 9.95. The average Bonchev–Trinajstić information content (AvgIpc) is 2.46. The van der Waals surface area contributed by atoms with Crippen molar-refractivity contribution in [3.63, 3.8) is 0 Å². The van der Waals surface area contributed by atoms with Crippen LogP contribution in [0.2, 0.25) is 0 Å². The molecule has 2 aromatic rings. The summed E-state index contributed by atoms with van der Waals surface area (Å²) < 4.78 is 0. The van der Waals surface area contributed by atoms with Crippen LogP contribution in [0.1, 0.15) is 18.1 Å². The van der Waals surface area contributed by atoms with Gasteiger partial charge in [0.1, 0.15) is 5.60 Å². The lowest BCUT2D eigenvalue weighted by Gasteiger charge is -2.19. The fourth-order valence-corrected chi connectivity index (χ4v) is 2.01. The lowest BCUT2D eigenvalue weighted by molar-refractivity contribution is 0.112. The van der Waals surface area contributed by atoms with Gasteiger partial charge < -0.3 is 10.0 Å². The summed E-state index contributed by atoms with van der Waals surface area (Å²) in [6.07, 6.45) is 3.78. The molecule has 2 aromatic carbocycles. The number of hydrogen-bond donors (Lipinski definition) is 1. The Labute approximate surface area is 121 Å². The van der Waals surface area contributed by atoms with Gasteiger partial charge in [-0.25, -0.2) is 0 Å². The predicted molar refractivity (Wildman–Crippen MR) is 85.8 cm³/mol. The highest BCUT2D eigenvalue weighted by Gasteiger charge is 2.18. The standard InChI is InChI=1S/C18H21NO/c1-18(20,16-7-5-4-6-8-16)14-13-15-9-11-17(12-10-15)19(2)3/h4-14,20H,1-3H3/b14-13+/t18-/m0/s1. The molecule has 20 heavy (non-hydrogen) atoms. The van der Waals surface area contributed by atoms with E-state index < -0.39 is 5.60 Å². The molecule has 2 heteroatoms. The van der Waals surface area contributed by atoms with Gasteiger partial charge in [0.2, 0.25) is 0 Å². The van der Waals surface area contributed by atoms with E-state index in [-0.39, 0.29) is 0 Å². The van der Waals surface area contributed by atoms with Gasteiger partial charge >= 0.3 is 0 Å². The van der Waals surface area contributed by atoms with Crippen molar-refractivity contribution in [2.75, 3.05) is 19.0 Å². The predicted octanol–water partition coefficient (Wildman–Crippen LogP) is 3.67. The van der Waals surface area contributed by atoms with E-state index >= 15 is 0 Å². The highest BCUT2D eigenvalue weighted by Crippen LogP contribution is 2.23. The Balaban J connectivity index is 2.16. The molecule has 0 aliphatic rings. The summed E-state index contributed by atoms with van der Waals surface area (Å²) in [5.41, 5.74) is 2.17. The molecule has 0 spiro atoms. The van der Waals surface area contributed by atoms with Gasteiger partial charge in [0, 0.05) is 19.8 Å². The van der Waals surface area contributed by atoms with E-state index in [9.17, 15) is 5.11 Å². The van der Waals surface area contributed by atoms with Gasteiger partial charge in [-0.3, -0.25) is 0 Å². The van der Waals surface area contributed by atoms with Crippen LogP contribution < -0.4 is 4.90 Å². The second-order valence-corrected chi connectivity index (χ2v) is 5.33. The Bertz CT molecular complexity index is 568. The molecule has 0 saturated heterocycles. The van der Waals surface area contributed by atoms with E-state index in [0.717, 1.165) is 16.8 Å². The molecule has 0 amide bonds. The number of aliphatic hydroxyl groups is 1. The molecule has 0 aromatic heterocycles. The third-order valence-corrected chi connectivity index (χ3v) is 3.37. The van der Waals surface area contributed by atoms with Crippen molar-refractivity contribution in [2.45, 2.75) is 12.5 Å². The molecular formula is C18H21NO. The molecular weight excluding hydrogens is 246 g/mol. The van der Waals surface area contributed by atoms with Crippen LogP contribution in [0.25, 0.3) is 6.08 Å². The zero-order chi connectivity index (χ0) is 14.6. The van der Waals surface area contributed by atoms with Crippen LogP contribution in [0.5, 0.6) is 0 Å². The molecule has 2 nitrogen and oxygen atoms in total. The quantitative estimate of drug-likeness (QED) is 0.913.